The van der Waals surface area contributed by atoms with E-state index in [1.807, 2.05) is 0 Å². The molecular formula is C22H38N2O3. The SMILES string of the molecule is O=C(CC1CCCCC1)NCC1(NC(=O)CC2CCCCC2)CCOCC1. The lowest BCUT2D eigenvalue weighted by molar-refractivity contribution is -0.127. The Labute approximate surface area is 164 Å². The van der Waals surface area contributed by atoms with Gasteiger partial charge in [-0.05, 0) is 50.4 Å². The molecule has 27 heavy (non-hydrogen) atoms. The molecule has 0 spiro atoms. The van der Waals surface area contributed by atoms with Crippen molar-refractivity contribution in [3.63, 3.8) is 0 Å². The highest BCUT2D eigenvalue weighted by atomic mass is 16.5. The fourth-order valence-corrected chi connectivity index (χ4v) is 5.10. The summed E-state index contributed by atoms with van der Waals surface area (Å²) in [5, 5.41) is 6.45. The van der Waals surface area contributed by atoms with E-state index in [0.717, 1.165) is 12.8 Å². The van der Waals surface area contributed by atoms with E-state index in [-0.39, 0.29) is 17.4 Å². The molecule has 1 saturated heterocycles. The maximum atomic E-state index is 12.7. The summed E-state index contributed by atoms with van der Waals surface area (Å²) in [5.41, 5.74) is -0.327. The second-order valence-corrected chi connectivity index (χ2v) is 9.13. The maximum Gasteiger partial charge on any atom is 0.220 e. The number of nitrogens with one attached hydrogen (secondary N) is 2. The van der Waals surface area contributed by atoms with E-state index >= 15 is 0 Å². The van der Waals surface area contributed by atoms with Crippen LogP contribution in [0.2, 0.25) is 0 Å². The van der Waals surface area contributed by atoms with Crippen LogP contribution in [0.5, 0.6) is 0 Å². The number of carbonyl (C=O) groups excluding carboxylic acids is 2. The first-order chi connectivity index (χ1) is 13.2. The molecule has 1 heterocycles. The van der Waals surface area contributed by atoms with Crippen molar-refractivity contribution in [3.8, 4) is 0 Å². The van der Waals surface area contributed by atoms with Crippen LogP contribution in [0, 0.1) is 11.8 Å². The van der Waals surface area contributed by atoms with Gasteiger partial charge in [0.05, 0.1) is 5.54 Å². The third kappa shape index (κ3) is 6.78. The van der Waals surface area contributed by atoms with Gasteiger partial charge in [0.15, 0.2) is 0 Å². The Balaban J connectivity index is 1.47. The lowest BCUT2D eigenvalue weighted by Crippen LogP contribution is -2.58. The molecule has 2 saturated carbocycles. The molecule has 0 aromatic carbocycles. The highest BCUT2D eigenvalue weighted by Crippen LogP contribution is 2.28. The zero-order chi connectivity index (χ0) is 19.0. The van der Waals surface area contributed by atoms with E-state index in [1.54, 1.807) is 0 Å². The molecule has 5 nitrogen and oxygen atoms in total. The Bertz CT molecular complexity index is 476. The van der Waals surface area contributed by atoms with Gasteiger partial charge in [0.2, 0.25) is 11.8 Å². The lowest BCUT2D eigenvalue weighted by Gasteiger charge is -2.38. The average Bonchev–Trinajstić information content (AvgIpc) is 2.69. The van der Waals surface area contributed by atoms with Crippen LogP contribution >= 0.6 is 0 Å². The number of rotatable bonds is 7. The maximum absolute atomic E-state index is 12.7. The van der Waals surface area contributed by atoms with E-state index in [4.69, 9.17) is 4.74 Å². The van der Waals surface area contributed by atoms with Crippen LogP contribution in [0.4, 0.5) is 0 Å². The van der Waals surface area contributed by atoms with Gasteiger partial charge in [-0.2, -0.15) is 0 Å². The standard InChI is InChI=1S/C22H38N2O3/c25-20(15-18-7-3-1-4-8-18)23-17-22(11-13-27-14-12-22)24-21(26)16-19-9-5-2-6-10-19/h18-19H,1-17H2,(H,23,25)(H,24,26). The van der Waals surface area contributed by atoms with Gasteiger partial charge in [0, 0.05) is 32.6 Å². The number of hydrogen-bond donors (Lipinski definition) is 2. The van der Waals surface area contributed by atoms with Gasteiger partial charge in [0.25, 0.3) is 0 Å². The predicted octanol–water partition coefficient (Wildman–Crippen LogP) is 3.71. The lowest BCUT2D eigenvalue weighted by atomic mass is 9.85. The molecule has 0 aromatic heterocycles. The van der Waals surface area contributed by atoms with Gasteiger partial charge in [-0.15, -0.1) is 0 Å². The molecule has 0 unspecified atom stereocenters. The predicted molar refractivity (Wildman–Crippen MR) is 106 cm³/mol. The number of carbonyl (C=O) groups is 2. The van der Waals surface area contributed by atoms with Gasteiger partial charge < -0.3 is 15.4 Å². The molecule has 5 heteroatoms. The summed E-state index contributed by atoms with van der Waals surface area (Å²) >= 11 is 0. The highest BCUT2D eigenvalue weighted by Gasteiger charge is 2.35. The van der Waals surface area contributed by atoms with Crippen LogP contribution in [0.15, 0.2) is 0 Å². The molecule has 1 aliphatic heterocycles. The second-order valence-electron chi connectivity index (χ2n) is 9.13. The van der Waals surface area contributed by atoms with Crippen molar-refractivity contribution in [1.82, 2.24) is 10.6 Å². The summed E-state index contributed by atoms with van der Waals surface area (Å²) in [6, 6.07) is 0. The fourth-order valence-electron chi connectivity index (χ4n) is 5.10. The minimum absolute atomic E-state index is 0.147. The van der Waals surface area contributed by atoms with Crippen molar-refractivity contribution >= 4 is 11.8 Å². The molecule has 3 aliphatic rings. The smallest absolute Gasteiger partial charge is 0.220 e. The zero-order valence-corrected chi connectivity index (χ0v) is 16.9. The van der Waals surface area contributed by atoms with Crippen molar-refractivity contribution in [2.75, 3.05) is 19.8 Å². The normalized spacial score (nSPS) is 24.3. The number of amides is 2. The van der Waals surface area contributed by atoms with E-state index in [0.29, 0.717) is 44.4 Å². The summed E-state index contributed by atoms with van der Waals surface area (Å²) < 4.78 is 5.52. The summed E-state index contributed by atoms with van der Waals surface area (Å²) in [6.07, 6.45) is 15.2. The molecular weight excluding hydrogens is 340 g/mol. The number of hydrogen-bond acceptors (Lipinski definition) is 3. The van der Waals surface area contributed by atoms with Crippen LogP contribution in [0.3, 0.4) is 0 Å². The van der Waals surface area contributed by atoms with Crippen molar-refractivity contribution in [3.05, 3.63) is 0 Å². The van der Waals surface area contributed by atoms with E-state index in [1.165, 1.54) is 64.2 Å². The van der Waals surface area contributed by atoms with Gasteiger partial charge in [0.1, 0.15) is 0 Å². The Morgan fingerprint density at radius 3 is 1.85 bits per heavy atom. The first-order valence-electron chi connectivity index (χ1n) is 11.3. The molecule has 0 radical (unpaired) electrons. The van der Waals surface area contributed by atoms with Gasteiger partial charge in [-0.1, -0.05) is 38.5 Å². The zero-order valence-electron chi connectivity index (χ0n) is 16.9. The summed E-state index contributed by atoms with van der Waals surface area (Å²) in [5.74, 6) is 1.39. The molecule has 2 N–H and O–H groups in total. The minimum atomic E-state index is -0.327. The molecule has 154 valence electrons. The Morgan fingerprint density at radius 1 is 0.778 bits per heavy atom. The molecule has 0 atom stereocenters. The molecule has 2 amide bonds. The second kappa shape index (κ2) is 10.4. The van der Waals surface area contributed by atoms with E-state index < -0.39 is 0 Å². The molecule has 3 rings (SSSR count). The summed E-state index contributed by atoms with van der Waals surface area (Å²) in [7, 11) is 0. The van der Waals surface area contributed by atoms with Crippen LogP contribution in [-0.2, 0) is 14.3 Å². The Kier molecular flexibility index (Phi) is 7.98. The van der Waals surface area contributed by atoms with Crippen molar-refractivity contribution in [2.24, 2.45) is 11.8 Å². The third-order valence-corrected chi connectivity index (χ3v) is 6.88. The monoisotopic (exact) mass is 378 g/mol. The van der Waals surface area contributed by atoms with E-state index in [2.05, 4.69) is 10.6 Å². The average molecular weight is 379 g/mol. The minimum Gasteiger partial charge on any atom is -0.381 e. The summed E-state index contributed by atoms with van der Waals surface area (Å²) in [4.78, 5) is 25.1. The van der Waals surface area contributed by atoms with Gasteiger partial charge in [-0.25, -0.2) is 0 Å². The third-order valence-electron chi connectivity index (χ3n) is 6.88. The highest BCUT2D eigenvalue weighted by molar-refractivity contribution is 5.78. The first-order valence-corrected chi connectivity index (χ1v) is 11.3. The van der Waals surface area contributed by atoms with Crippen molar-refractivity contribution in [1.29, 1.82) is 0 Å². The largest absolute Gasteiger partial charge is 0.381 e. The topological polar surface area (TPSA) is 67.4 Å². The molecule has 2 aliphatic carbocycles. The van der Waals surface area contributed by atoms with Gasteiger partial charge >= 0.3 is 0 Å². The first kappa shape index (κ1) is 20.6. The Morgan fingerprint density at radius 2 is 1.30 bits per heavy atom. The quantitative estimate of drug-likeness (QED) is 0.710. The van der Waals surface area contributed by atoms with Crippen LogP contribution in [-0.4, -0.2) is 37.1 Å². The van der Waals surface area contributed by atoms with Crippen molar-refractivity contribution in [2.45, 2.75) is 95.4 Å². The van der Waals surface area contributed by atoms with Crippen molar-refractivity contribution < 1.29 is 14.3 Å². The fraction of sp³-hybridized carbons (Fsp3) is 0.909. The van der Waals surface area contributed by atoms with Crippen LogP contribution in [0.1, 0.15) is 89.9 Å². The Hall–Kier alpha value is -1.10. The molecule has 0 aromatic rings. The number of ether oxygens (including phenoxy) is 1. The van der Waals surface area contributed by atoms with Crippen LogP contribution in [0.25, 0.3) is 0 Å². The van der Waals surface area contributed by atoms with Gasteiger partial charge in [-0.3, -0.25) is 9.59 Å². The van der Waals surface area contributed by atoms with E-state index in [9.17, 15) is 9.59 Å². The molecule has 0 bridgehead atoms. The van der Waals surface area contributed by atoms with Crippen LogP contribution < -0.4 is 10.6 Å². The molecule has 3 fully saturated rings. The summed E-state index contributed by atoms with van der Waals surface area (Å²) in [6.45, 7) is 1.85.